The van der Waals surface area contributed by atoms with Gasteiger partial charge in [-0.25, -0.2) is 4.98 Å². The van der Waals surface area contributed by atoms with E-state index in [9.17, 15) is 4.79 Å². The fourth-order valence-electron chi connectivity index (χ4n) is 1.77. The van der Waals surface area contributed by atoms with Gasteiger partial charge in [-0.05, 0) is 18.6 Å². The van der Waals surface area contributed by atoms with E-state index in [1.54, 1.807) is 12.4 Å². The standard InChI is InChI=1S/C14H18N4O/c1-9(2)16-8-11-6-13(19)18-14(17-11)12-4-5-15-7-10(12)3/h4-7,9,16H,8H2,1-3H3,(H,17,18,19). The lowest BCUT2D eigenvalue weighted by Gasteiger charge is -2.09. The maximum atomic E-state index is 11.7. The van der Waals surface area contributed by atoms with Gasteiger partial charge in [-0.3, -0.25) is 9.78 Å². The number of aryl methyl sites for hydroxylation is 1. The monoisotopic (exact) mass is 258 g/mol. The number of aromatic nitrogens is 3. The van der Waals surface area contributed by atoms with Crippen molar-refractivity contribution in [3.63, 3.8) is 0 Å². The molecule has 0 aliphatic carbocycles. The second-order valence-electron chi connectivity index (χ2n) is 4.81. The van der Waals surface area contributed by atoms with Crippen molar-refractivity contribution in [2.45, 2.75) is 33.4 Å². The Labute approximate surface area is 112 Å². The van der Waals surface area contributed by atoms with Crippen molar-refractivity contribution in [1.29, 1.82) is 0 Å². The Morgan fingerprint density at radius 2 is 2.21 bits per heavy atom. The van der Waals surface area contributed by atoms with Gasteiger partial charge in [0.15, 0.2) is 0 Å². The van der Waals surface area contributed by atoms with Crippen molar-refractivity contribution in [1.82, 2.24) is 20.3 Å². The van der Waals surface area contributed by atoms with Crippen LogP contribution in [0.3, 0.4) is 0 Å². The van der Waals surface area contributed by atoms with E-state index < -0.39 is 0 Å². The normalized spacial score (nSPS) is 10.9. The summed E-state index contributed by atoms with van der Waals surface area (Å²) >= 11 is 0. The highest BCUT2D eigenvalue weighted by Gasteiger charge is 2.07. The molecule has 5 heteroatoms. The maximum absolute atomic E-state index is 11.7. The third-order valence-corrected chi connectivity index (χ3v) is 2.76. The van der Waals surface area contributed by atoms with E-state index >= 15 is 0 Å². The van der Waals surface area contributed by atoms with Crippen LogP contribution in [0.25, 0.3) is 11.4 Å². The van der Waals surface area contributed by atoms with Crippen LogP contribution in [0.5, 0.6) is 0 Å². The number of nitrogens with one attached hydrogen (secondary N) is 2. The second kappa shape index (κ2) is 5.75. The molecule has 100 valence electrons. The van der Waals surface area contributed by atoms with E-state index in [1.807, 2.05) is 13.0 Å². The molecule has 0 aliphatic heterocycles. The van der Waals surface area contributed by atoms with E-state index in [2.05, 4.69) is 34.1 Å². The molecule has 5 nitrogen and oxygen atoms in total. The summed E-state index contributed by atoms with van der Waals surface area (Å²) in [5.74, 6) is 0.591. The first-order valence-corrected chi connectivity index (χ1v) is 6.31. The molecule has 0 saturated heterocycles. The zero-order valence-electron chi connectivity index (χ0n) is 11.4. The molecule has 0 aromatic carbocycles. The Bertz CT molecular complexity index is 619. The van der Waals surface area contributed by atoms with E-state index in [1.165, 1.54) is 6.07 Å². The second-order valence-corrected chi connectivity index (χ2v) is 4.81. The summed E-state index contributed by atoms with van der Waals surface area (Å²) in [5.41, 5.74) is 2.49. The molecule has 0 amide bonds. The van der Waals surface area contributed by atoms with Crippen LogP contribution in [-0.4, -0.2) is 21.0 Å². The molecular weight excluding hydrogens is 240 g/mol. The summed E-state index contributed by atoms with van der Waals surface area (Å²) in [6, 6.07) is 3.73. The molecule has 0 saturated carbocycles. The Kier molecular flexibility index (Phi) is 4.06. The van der Waals surface area contributed by atoms with Gasteiger partial charge in [-0.2, -0.15) is 0 Å². The van der Waals surface area contributed by atoms with Crippen LogP contribution in [0, 0.1) is 6.92 Å². The first-order valence-electron chi connectivity index (χ1n) is 6.31. The highest BCUT2D eigenvalue weighted by molar-refractivity contribution is 5.58. The van der Waals surface area contributed by atoms with Crippen LogP contribution in [0.1, 0.15) is 25.1 Å². The Morgan fingerprint density at radius 1 is 1.42 bits per heavy atom. The van der Waals surface area contributed by atoms with Crippen LogP contribution >= 0.6 is 0 Å². The molecule has 0 unspecified atom stereocenters. The summed E-state index contributed by atoms with van der Waals surface area (Å²) in [4.78, 5) is 23.0. The zero-order valence-corrected chi connectivity index (χ0v) is 11.4. The Hall–Kier alpha value is -2.01. The molecule has 2 rings (SSSR count). The summed E-state index contributed by atoms with van der Waals surface area (Å²) in [7, 11) is 0. The van der Waals surface area contributed by atoms with Crippen molar-refractivity contribution in [3.05, 3.63) is 46.1 Å². The summed E-state index contributed by atoms with van der Waals surface area (Å²) in [6.07, 6.45) is 3.45. The number of aromatic amines is 1. The van der Waals surface area contributed by atoms with E-state index in [0.29, 0.717) is 18.4 Å². The predicted octanol–water partition coefficient (Wildman–Crippen LogP) is 1.64. The van der Waals surface area contributed by atoms with Gasteiger partial charge in [0.1, 0.15) is 5.82 Å². The van der Waals surface area contributed by atoms with Crippen molar-refractivity contribution in [3.8, 4) is 11.4 Å². The van der Waals surface area contributed by atoms with E-state index in [0.717, 1.165) is 16.8 Å². The van der Waals surface area contributed by atoms with E-state index in [4.69, 9.17) is 0 Å². The quantitative estimate of drug-likeness (QED) is 0.874. The molecular formula is C14H18N4O. The third kappa shape index (κ3) is 3.48. The number of H-pyrrole nitrogens is 1. The van der Waals surface area contributed by atoms with Gasteiger partial charge in [-0.1, -0.05) is 13.8 Å². The maximum Gasteiger partial charge on any atom is 0.251 e. The topological polar surface area (TPSA) is 70.7 Å². The molecule has 2 heterocycles. The predicted molar refractivity (Wildman–Crippen MR) is 74.8 cm³/mol. The number of rotatable bonds is 4. The van der Waals surface area contributed by atoms with Gasteiger partial charge in [-0.15, -0.1) is 0 Å². The molecule has 2 N–H and O–H groups in total. The molecule has 0 spiro atoms. The Balaban J connectivity index is 2.37. The lowest BCUT2D eigenvalue weighted by atomic mass is 10.1. The molecule has 2 aromatic rings. The first kappa shape index (κ1) is 13.4. The highest BCUT2D eigenvalue weighted by Crippen LogP contribution is 2.16. The van der Waals surface area contributed by atoms with Crippen LogP contribution in [0.2, 0.25) is 0 Å². The molecule has 0 aliphatic rings. The summed E-state index contributed by atoms with van der Waals surface area (Å²) in [6.45, 7) is 6.64. The molecule has 0 radical (unpaired) electrons. The molecule has 2 aromatic heterocycles. The number of nitrogens with zero attached hydrogens (tertiary/aromatic N) is 2. The largest absolute Gasteiger partial charge is 0.309 e. The minimum absolute atomic E-state index is 0.137. The molecule has 0 atom stereocenters. The average Bonchev–Trinajstić information content (AvgIpc) is 2.36. The smallest absolute Gasteiger partial charge is 0.251 e. The fraction of sp³-hybridized carbons (Fsp3) is 0.357. The van der Waals surface area contributed by atoms with Gasteiger partial charge in [0, 0.05) is 36.6 Å². The minimum Gasteiger partial charge on any atom is -0.309 e. The van der Waals surface area contributed by atoms with Gasteiger partial charge in [0.2, 0.25) is 0 Å². The number of pyridine rings is 1. The molecule has 0 fully saturated rings. The zero-order chi connectivity index (χ0) is 13.8. The number of hydrogen-bond acceptors (Lipinski definition) is 4. The fourth-order valence-corrected chi connectivity index (χ4v) is 1.77. The van der Waals surface area contributed by atoms with Crippen LogP contribution in [-0.2, 0) is 6.54 Å². The molecule has 0 bridgehead atoms. The summed E-state index contributed by atoms with van der Waals surface area (Å²) in [5, 5.41) is 3.25. The lowest BCUT2D eigenvalue weighted by Crippen LogP contribution is -2.24. The van der Waals surface area contributed by atoms with Gasteiger partial charge in [0.25, 0.3) is 5.56 Å². The van der Waals surface area contributed by atoms with Crippen molar-refractivity contribution < 1.29 is 0 Å². The van der Waals surface area contributed by atoms with Crippen LogP contribution in [0.15, 0.2) is 29.3 Å². The van der Waals surface area contributed by atoms with Gasteiger partial charge >= 0.3 is 0 Å². The van der Waals surface area contributed by atoms with Crippen molar-refractivity contribution in [2.24, 2.45) is 0 Å². The number of hydrogen-bond donors (Lipinski definition) is 2. The van der Waals surface area contributed by atoms with Crippen LogP contribution in [0.4, 0.5) is 0 Å². The van der Waals surface area contributed by atoms with E-state index in [-0.39, 0.29) is 5.56 Å². The third-order valence-electron chi connectivity index (χ3n) is 2.76. The first-order chi connectivity index (χ1) is 9.06. The SMILES string of the molecule is Cc1cnccc1-c1nc(CNC(C)C)cc(=O)[nH]1. The lowest BCUT2D eigenvalue weighted by molar-refractivity contribution is 0.580. The highest BCUT2D eigenvalue weighted by atomic mass is 16.1. The minimum atomic E-state index is -0.137. The van der Waals surface area contributed by atoms with Crippen LogP contribution < -0.4 is 10.9 Å². The average molecular weight is 258 g/mol. The van der Waals surface area contributed by atoms with Crippen molar-refractivity contribution in [2.75, 3.05) is 0 Å². The Morgan fingerprint density at radius 3 is 2.89 bits per heavy atom. The summed E-state index contributed by atoms with van der Waals surface area (Å²) < 4.78 is 0. The van der Waals surface area contributed by atoms with Gasteiger partial charge in [0.05, 0.1) is 5.69 Å². The molecule has 19 heavy (non-hydrogen) atoms. The van der Waals surface area contributed by atoms with Crippen molar-refractivity contribution >= 4 is 0 Å². The van der Waals surface area contributed by atoms with Gasteiger partial charge < -0.3 is 10.3 Å².